The normalized spacial score (nSPS) is 12.6. The van der Waals surface area contributed by atoms with Gasteiger partial charge < -0.3 is 4.74 Å². The lowest BCUT2D eigenvalue weighted by molar-refractivity contribution is 0.396. The molecule has 21 heavy (non-hydrogen) atoms. The summed E-state index contributed by atoms with van der Waals surface area (Å²) in [5.41, 5.74) is 5.87. The summed E-state index contributed by atoms with van der Waals surface area (Å²) in [6, 6.07) is 1.87. The lowest BCUT2D eigenvalue weighted by Gasteiger charge is -2.19. The Hall–Kier alpha value is -1.86. The summed E-state index contributed by atoms with van der Waals surface area (Å²) in [6.45, 7) is 7.73. The first kappa shape index (κ1) is 15.5. The van der Waals surface area contributed by atoms with E-state index in [2.05, 4.69) is 35.5 Å². The van der Waals surface area contributed by atoms with Gasteiger partial charge in [-0.15, -0.1) is 0 Å². The van der Waals surface area contributed by atoms with Crippen molar-refractivity contribution in [3.63, 3.8) is 0 Å². The molecule has 0 aliphatic heterocycles. The van der Waals surface area contributed by atoms with Crippen molar-refractivity contribution in [1.82, 2.24) is 25.0 Å². The van der Waals surface area contributed by atoms with Crippen molar-refractivity contribution in [2.75, 3.05) is 7.11 Å². The minimum Gasteiger partial charge on any atom is -0.493 e. The molecule has 0 amide bonds. The molecule has 0 aromatic carbocycles. The van der Waals surface area contributed by atoms with E-state index in [1.54, 1.807) is 13.3 Å². The largest absolute Gasteiger partial charge is 0.493 e. The van der Waals surface area contributed by atoms with Crippen LogP contribution in [0.15, 0.2) is 12.3 Å². The van der Waals surface area contributed by atoms with Crippen LogP contribution in [0.3, 0.4) is 0 Å². The molecule has 3 N–H and O–H groups in total. The van der Waals surface area contributed by atoms with Crippen molar-refractivity contribution >= 4 is 0 Å². The Bertz CT molecular complexity index is 567. The highest BCUT2D eigenvalue weighted by atomic mass is 16.5. The Balaban J connectivity index is 2.53. The van der Waals surface area contributed by atoms with E-state index in [4.69, 9.17) is 10.6 Å². The maximum atomic E-state index is 5.83. The van der Waals surface area contributed by atoms with Gasteiger partial charge in [-0.05, 0) is 26.3 Å². The number of hydrogen-bond donors (Lipinski definition) is 2. The van der Waals surface area contributed by atoms with Crippen LogP contribution in [0.1, 0.15) is 43.9 Å². The van der Waals surface area contributed by atoms with E-state index in [1.807, 2.05) is 16.3 Å². The fourth-order valence-corrected chi connectivity index (χ4v) is 2.53. The first-order valence-corrected chi connectivity index (χ1v) is 7.32. The first-order valence-electron chi connectivity index (χ1n) is 7.32. The number of hydrogen-bond acceptors (Lipinski definition) is 5. The molecule has 0 saturated carbocycles. The second-order valence-electron chi connectivity index (χ2n) is 4.74. The predicted octanol–water partition coefficient (Wildman–Crippen LogP) is 1.24. The monoisotopic (exact) mass is 292 g/mol. The van der Waals surface area contributed by atoms with Crippen molar-refractivity contribution in [2.24, 2.45) is 5.84 Å². The fourth-order valence-electron chi connectivity index (χ4n) is 2.53. The van der Waals surface area contributed by atoms with Gasteiger partial charge >= 0.3 is 0 Å². The Morgan fingerprint density at radius 2 is 2.00 bits per heavy atom. The number of methoxy groups -OCH3 is 1. The molecule has 7 heteroatoms. The molecule has 2 heterocycles. The van der Waals surface area contributed by atoms with Crippen LogP contribution in [0.2, 0.25) is 0 Å². The molecule has 2 aromatic rings. The van der Waals surface area contributed by atoms with Crippen LogP contribution in [0.5, 0.6) is 5.75 Å². The fraction of sp³-hybridized carbons (Fsp3) is 0.571. The molecule has 0 aliphatic rings. The topological polar surface area (TPSA) is 82.9 Å². The summed E-state index contributed by atoms with van der Waals surface area (Å²) in [6.07, 6.45) is 2.61. The summed E-state index contributed by atoms with van der Waals surface area (Å²) in [5.74, 6) is 6.55. The van der Waals surface area contributed by atoms with Gasteiger partial charge in [0.15, 0.2) is 5.75 Å². The van der Waals surface area contributed by atoms with Crippen molar-refractivity contribution < 1.29 is 4.74 Å². The maximum Gasteiger partial charge on any atom is 0.162 e. The molecule has 2 rings (SSSR count). The molecule has 0 spiro atoms. The van der Waals surface area contributed by atoms with E-state index in [1.165, 1.54) is 0 Å². The molecule has 0 aliphatic carbocycles. The number of rotatable bonds is 7. The van der Waals surface area contributed by atoms with Gasteiger partial charge in [0.25, 0.3) is 0 Å². The second kappa shape index (κ2) is 6.73. The van der Waals surface area contributed by atoms with E-state index < -0.39 is 0 Å². The lowest BCUT2D eigenvalue weighted by atomic mass is 10.1. The van der Waals surface area contributed by atoms with Gasteiger partial charge in [-0.1, -0.05) is 6.92 Å². The van der Waals surface area contributed by atoms with E-state index in [9.17, 15) is 0 Å². The average Bonchev–Trinajstić information content (AvgIpc) is 3.12. The third-order valence-electron chi connectivity index (χ3n) is 3.62. The number of aromatic nitrogens is 4. The van der Waals surface area contributed by atoms with Crippen LogP contribution < -0.4 is 16.0 Å². The zero-order valence-corrected chi connectivity index (χ0v) is 13.1. The molecule has 7 nitrogen and oxygen atoms in total. The third kappa shape index (κ3) is 2.79. The van der Waals surface area contributed by atoms with Gasteiger partial charge in [0.2, 0.25) is 0 Å². The highest BCUT2D eigenvalue weighted by molar-refractivity contribution is 5.34. The molecule has 2 aromatic heterocycles. The Morgan fingerprint density at radius 3 is 2.52 bits per heavy atom. The Kier molecular flexibility index (Phi) is 4.98. The predicted molar refractivity (Wildman–Crippen MR) is 80.9 cm³/mol. The standard InChI is InChI=1S/C14H24N6O/c1-5-10-8-11(19(6-2)18-10)13(17-15)14-12(21-4)9-16-20(14)7-3/h8-9,13,17H,5-7,15H2,1-4H3. The molecular weight excluding hydrogens is 268 g/mol. The minimum absolute atomic E-state index is 0.213. The molecule has 0 fully saturated rings. The summed E-state index contributed by atoms with van der Waals surface area (Å²) in [7, 11) is 1.64. The van der Waals surface area contributed by atoms with Crippen LogP contribution >= 0.6 is 0 Å². The summed E-state index contributed by atoms with van der Waals surface area (Å²) >= 11 is 0. The quantitative estimate of drug-likeness (QED) is 0.592. The van der Waals surface area contributed by atoms with Crippen molar-refractivity contribution in [2.45, 2.75) is 46.3 Å². The second-order valence-corrected chi connectivity index (χ2v) is 4.74. The molecule has 0 radical (unpaired) electrons. The van der Waals surface area contributed by atoms with E-state index in [0.29, 0.717) is 0 Å². The van der Waals surface area contributed by atoms with Crippen molar-refractivity contribution in [3.8, 4) is 5.75 Å². The Morgan fingerprint density at radius 1 is 1.29 bits per heavy atom. The number of aryl methyl sites for hydroxylation is 3. The minimum atomic E-state index is -0.213. The molecule has 1 atom stereocenters. The highest BCUT2D eigenvalue weighted by Crippen LogP contribution is 2.30. The Labute approximate surface area is 125 Å². The summed E-state index contributed by atoms with van der Waals surface area (Å²) in [5, 5.41) is 8.94. The van der Waals surface area contributed by atoms with Crippen LogP contribution in [-0.2, 0) is 19.5 Å². The van der Waals surface area contributed by atoms with E-state index in [-0.39, 0.29) is 6.04 Å². The van der Waals surface area contributed by atoms with Gasteiger partial charge in [-0.3, -0.25) is 15.2 Å². The van der Waals surface area contributed by atoms with Crippen LogP contribution in [0.25, 0.3) is 0 Å². The SMILES string of the molecule is CCc1cc(C(NN)c2c(OC)cnn2CC)n(CC)n1. The smallest absolute Gasteiger partial charge is 0.162 e. The van der Waals surface area contributed by atoms with Crippen LogP contribution in [0, 0.1) is 0 Å². The van der Waals surface area contributed by atoms with Gasteiger partial charge in [-0.2, -0.15) is 10.2 Å². The molecule has 0 bridgehead atoms. The first-order chi connectivity index (χ1) is 10.2. The molecule has 116 valence electrons. The average molecular weight is 292 g/mol. The maximum absolute atomic E-state index is 5.83. The van der Waals surface area contributed by atoms with Crippen LogP contribution in [-0.4, -0.2) is 26.7 Å². The van der Waals surface area contributed by atoms with Gasteiger partial charge in [0, 0.05) is 13.1 Å². The van der Waals surface area contributed by atoms with Crippen molar-refractivity contribution in [1.29, 1.82) is 0 Å². The zero-order valence-electron chi connectivity index (χ0n) is 13.1. The summed E-state index contributed by atoms with van der Waals surface area (Å²) < 4.78 is 9.29. The number of nitrogens with two attached hydrogens (primary N) is 1. The van der Waals surface area contributed by atoms with Gasteiger partial charge in [0.05, 0.1) is 24.7 Å². The van der Waals surface area contributed by atoms with Gasteiger partial charge in [-0.25, -0.2) is 5.43 Å². The third-order valence-corrected chi connectivity index (χ3v) is 3.62. The number of ether oxygens (including phenoxy) is 1. The number of hydrazine groups is 1. The van der Waals surface area contributed by atoms with E-state index >= 15 is 0 Å². The number of nitrogens with one attached hydrogen (secondary N) is 1. The molecule has 1 unspecified atom stereocenters. The molecule has 0 saturated heterocycles. The van der Waals surface area contributed by atoms with E-state index in [0.717, 1.165) is 42.3 Å². The summed E-state index contributed by atoms with van der Waals surface area (Å²) in [4.78, 5) is 0. The lowest BCUT2D eigenvalue weighted by Crippen LogP contribution is -2.32. The van der Waals surface area contributed by atoms with Crippen molar-refractivity contribution in [3.05, 3.63) is 29.3 Å². The number of nitrogens with zero attached hydrogens (tertiary/aromatic N) is 4. The zero-order chi connectivity index (χ0) is 15.4. The van der Waals surface area contributed by atoms with Crippen LogP contribution in [0.4, 0.5) is 0 Å². The molecular formula is C14H24N6O. The highest BCUT2D eigenvalue weighted by Gasteiger charge is 2.25. The van der Waals surface area contributed by atoms with Gasteiger partial charge in [0.1, 0.15) is 11.7 Å².